The van der Waals surface area contributed by atoms with E-state index >= 15 is 0 Å². The number of rotatable bonds is 6. The number of hydroxylamine groups is 1. The van der Waals surface area contributed by atoms with Crippen molar-refractivity contribution in [3.8, 4) is 11.5 Å². The van der Waals surface area contributed by atoms with Crippen LogP contribution in [0.25, 0.3) is 5.70 Å². The summed E-state index contributed by atoms with van der Waals surface area (Å²) in [6.45, 7) is 2.62. The summed E-state index contributed by atoms with van der Waals surface area (Å²) in [6.07, 6.45) is 12.3. The first-order chi connectivity index (χ1) is 17.1. The van der Waals surface area contributed by atoms with Crippen LogP contribution in [0.4, 0.5) is 0 Å². The Bertz CT molecular complexity index is 930. The average molecular weight is 484 g/mol. The van der Waals surface area contributed by atoms with E-state index in [0.29, 0.717) is 43.4 Å². The fraction of sp³-hybridized carbons (Fsp3) is 0.630. The van der Waals surface area contributed by atoms with Gasteiger partial charge in [-0.05, 0) is 88.5 Å². The summed E-state index contributed by atoms with van der Waals surface area (Å²) in [6, 6.07) is 5.67. The molecule has 3 fully saturated rings. The number of hydrogen-bond donors (Lipinski definition) is 1. The molecule has 0 atom stereocenters. The summed E-state index contributed by atoms with van der Waals surface area (Å²) < 4.78 is 11.8. The van der Waals surface area contributed by atoms with Crippen molar-refractivity contribution in [2.75, 3.05) is 33.3 Å². The Balaban J connectivity index is 1.47. The first kappa shape index (κ1) is 24.0. The molecule has 1 saturated carbocycles. The molecule has 1 aliphatic carbocycles. The van der Waals surface area contributed by atoms with Crippen molar-refractivity contribution >= 4 is 17.5 Å². The van der Waals surface area contributed by atoms with Gasteiger partial charge in [0.2, 0.25) is 0 Å². The summed E-state index contributed by atoms with van der Waals surface area (Å²) in [5.74, 6) is 0.791. The molecule has 0 bridgehead atoms. The van der Waals surface area contributed by atoms with Crippen LogP contribution < -0.4 is 15.0 Å². The monoisotopic (exact) mass is 483 g/mol. The number of ether oxygens (including phenoxy) is 2. The third-order valence-corrected chi connectivity index (χ3v) is 7.66. The van der Waals surface area contributed by atoms with Crippen LogP contribution in [0.2, 0.25) is 0 Å². The lowest BCUT2D eigenvalue weighted by Gasteiger charge is -2.37. The highest BCUT2D eigenvalue weighted by molar-refractivity contribution is 6.12. The standard InChI is InChI=1S/C27H37N3O5/c1-33-23-13-12-20(18-24(23)34-21-10-4-5-11-21)22-19-27(35-28-22,25(31)29-14-6-2-7-15-29)26(32)30-16-8-3-9-17-30/h12-13,18-19,21,28H,2-11,14-17H2,1H3. The molecular weight excluding hydrogens is 446 g/mol. The van der Waals surface area contributed by atoms with Crippen LogP contribution in [0.5, 0.6) is 11.5 Å². The van der Waals surface area contributed by atoms with Crippen LogP contribution >= 0.6 is 0 Å². The number of benzene rings is 1. The SMILES string of the molecule is COc1ccc(C2=CC(C(=O)N3CCCCC3)(C(=O)N3CCCCC3)ON2)cc1OC1CCCC1. The first-order valence-corrected chi connectivity index (χ1v) is 13.2. The highest BCUT2D eigenvalue weighted by Gasteiger charge is 2.54. The van der Waals surface area contributed by atoms with Crippen LogP contribution in [0.3, 0.4) is 0 Å². The molecule has 2 amide bonds. The van der Waals surface area contributed by atoms with Gasteiger partial charge in [0.1, 0.15) is 0 Å². The number of amides is 2. The normalized spacial score (nSPS) is 22.5. The van der Waals surface area contributed by atoms with E-state index in [4.69, 9.17) is 14.3 Å². The molecule has 1 N–H and O–H groups in total. The van der Waals surface area contributed by atoms with Gasteiger partial charge >= 0.3 is 0 Å². The Morgan fingerprint density at radius 2 is 1.49 bits per heavy atom. The van der Waals surface area contributed by atoms with Gasteiger partial charge in [-0.3, -0.25) is 15.1 Å². The predicted molar refractivity (Wildman–Crippen MR) is 132 cm³/mol. The van der Waals surface area contributed by atoms with Gasteiger partial charge in [-0.25, -0.2) is 4.84 Å². The maximum absolute atomic E-state index is 13.8. The molecule has 0 spiro atoms. The Hall–Kier alpha value is -2.74. The van der Waals surface area contributed by atoms with Gasteiger partial charge in [0.05, 0.1) is 18.9 Å². The molecule has 1 aromatic rings. The summed E-state index contributed by atoms with van der Waals surface area (Å²) in [5.41, 5.74) is 2.64. The zero-order chi connectivity index (χ0) is 24.3. The minimum Gasteiger partial charge on any atom is -0.493 e. The minimum atomic E-state index is -1.68. The van der Waals surface area contributed by atoms with Gasteiger partial charge in [0.15, 0.2) is 11.5 Å². The van der Waals surface area contributed by atoms with Gasteiger partial charge < -0.3 is 19.3 Å². The topological polar surface area (TPSA) is 80.3 Å². The maximum Gasteiger partial charge on any atom is 0.272 e. The average Bonchev–Trinajstić information content (AvgIpc) is 3.60. The molecule has 5 rings (SSSR count). The third-order valence-electron chi connectivity index (χ3n) is 7.66. The van der Waals surface area contributed by atoms with Gasteiger partial charge in [0.25, 0.3) is 17.4 Å². The summed E-state index contributed by atoms with van der Waals surface area (Å²) in [7, 11) is 1.63. The Morgan fingerprint density at radius 1 is 0.886 bits per heavy atom. The number of methoxy groups -OCH3 is 1. The number of carbonyl (C=O) groups is 2. The number of likely N-dealkylation sites (tertiary alicyclic amines) is 2. The van der Waals surface area contributed by atoms with E-state index in [0.717, 1.165) is 56.9 Å². The zero-order valence-electron chi connectivity index (χ0n) is 20.7. The van der Waals surface area contributed by atoms with E-state index in [1.54, 1.807) is 23.0 Å². The molecular formula is C27H37N3O5. The molecule has 4 aliphatic rings. The second-order valence-electron chi connectivity index (χ2n) is 10.1. The fourth-order valence-corrected chi connectivity index (χ4v) is 5.63. The zero-order valence-corrected chi connectivity index (χ0v) is 20.7. The van der Waals surface area contributed by atoms with Crippen molar-refractivity contribution in [2.24, 2.45) is 0 Å². The lowest BCUT2D eigenvalue weighted by atomic mass is 9.95. The summed E-state index contributed by atoms with van der Waals surface area (Å²) in [5, 5.41) is 0. The second-order valence-corrected chi connectivity index (χ2v) is 10.1. The number of hydrogen-bond acceptors (Lipinski definition) is 6. The van der Waals surface area contributed by atoms with E-state index in [1.165, 1.54) is 12.8 Å². The molecule has 8 nitrogen and oxygen atoms in total. The van der Waals surface area contributed by atoms with Gasteiger partial charge in [-0.1, -0.05) is 0 Å². The van der Waals surface area contributed by atoms with Crippen molar-refractivity contribution in [3.63, 3.8) is 0 Å². The van der Waals surface area contributed by atoms with Gasteiger partial charge in [-0.2, -0.15) is 0 Å². The Labute approximate surface area is 207 Å². The summed E-state index contributed by atoms with van der Waals surface area (Å²) >= 11 is 0. The maximum atomic E-state index is 13.8. The van der Waals surface area contributed by atoms with Crippen LogP contribution in [0.1, 0.15) is 69.8 Å². The summed E-state index contributed by atoms with van der Waals surface area (Å²) in [4.78, 5) is 37.2. The lowest BCUT2D eigenvalue weighted by molar-refractivity contribution is -0.171. The number of carbonyl (C=O) groups excluding carboxylic acids is 2. The number of nitrogens with zero attached hydrogens (tertiary/aromatic N) is 2. The van der Waals surface area contributed by atoms with E-state index < -0.39 is 5.60 Å². The van der Waals surface area contributed by atoms with Crippen LogP contribution in [0.15, 0.2) is 24.3 Å². The second kappa shape index (κ2) is 10.5. The third kappa shape index (κ3) is 4.85. The molecule has 8 heteroatoms. The molecule has 0 unspecified atom stereocenters. The number of nitrogens with one attached hydrogen (secondary N) is 1. The quantitative estimate of drug-likeness (QED) is 0.622. The highest BCUT2D eigenvalue weighted by atomic mass is 16.7. The molecule has 190 valence electrons. The van der Waals surface area contributed by atoms with E-state index in [1.807, 2.05) is 18.2 Å². The van der Waals surface area contributed by atoms with Crippen molar-refractivity contribution in [3.05, 3.63) is 29.8 Å². The number of piperidine rings is 2. The lowest BCUT2D eigenvalue weighted by Crippen LogP contribution is -2.60. The molecule has 3 aliphatic heterocycles. The molecule has 2 saturated heterocycles. The van der Waals surface area contributed by atoms with Crippen LogP contribution in [-0.4, -0.2) is 66.6 Å². The van der Waals surface area contributed by atoms with E-state index in [-0.39, 0.29) is 17.9 Å². The van der Waals surface area contributed by atoms with Gasteiger partial charge in [-0.15, -0.1) is 0 Å². The molecule has 0 aromatic heterocycles. The molecule has 0 radical (unpaired) electrons. The van der Waals surface area contributed by atoms with Crippen molar-refractivity contribution in [1.29, 1.82) is 0 Å². The first-order valence-electron chi connectivity index (χ1n) is 13.2. The molecule has 35 heavy (non-hydrogen) atoms. The van der Waals surface area contributed by atoms with Crippen LogP contribution in [-0.2, 0) is 14.4 Å². The predicted octanol–water partition coefficient (Wildman–Crippen LogP) is 3.66. The minimum absolute atomic E-state index is 0.182. The molecule has 3 heterocycles. The smallest absolute Gasteiger partial charge is 0.272 e. The van der Waals surface area contributed by atoms with Gasteiger partial charge in [0, 0.05) is 31.7 Å². The van der Waals surface area contributed by atoms with Crippen LogP contribution in [0, 0.1) is 0 Å². The van der Waals surface area contributed by atoms with Crippen molar-refractivity contribution in [2.45, 2.75) is 75.9 Å². The van der Waals surface area contributed by atoms with Crippen molar-refractivity contribution in [1.82, 2.24) is 15.3 Å². The Kier molecular flexibility index (Phi) is 7.18. The fourth-order valence-electron chi connectivity index (χ4n) is 5.63. The van der Waals surface area contributed by atoms with E-state index in [9.17, 15) is 9.59 Å². The highest BCUT2D eigenvalue weighted by Crippen LogP contribution is 2.37. The molecule has 1 aromatic carbocycles. The Morgan fingerprint density at radius 3 is 2.06 bits per heavy atom. The largest absolute Gasteiger partial charge is 0.493 e. The van der Waals surface area contributed by atoms with E-state index in [2.05, 4.69) is 5.48 Å². The van der Waals surface area contributed by atoms with Crippen molar-refractivity contribution < 1.29 is 23.9 Å².